The van der Waals surface area contributed by atoms with Gasteiger partial charge in [0.25, 0.3) is 0 Å². The smallest absolute Gasteiger partial charge is 0.125 e. The molecule has 0 spiro atoms. The van der Waals surface area contributed by atoms with Gasteiger partial charge in [-0.05, 0) is 69.5 Å². The number of nitrogens with zero attached hydrogens (tertiary/aromatic N) is 2. The van der Waals surface area contributed by atoms with Gasteiger partial charge in [0.1, 0.15) is 5.82 Å². The van der Waals surface area contributed by atoms with E-state index in [1.165, 1.54) is 17.7 Å². The van der Waals surface area contributed by atoms with E-state index in [2.05, 4.69) is 24.3 Å². The van der Waals surface area contributed by atoms with Gasteiger partial charge in [0.05, 0.1) is 11.4 Å². The number of rotatable bonds is 2. The minimum atomic E-state index is -0.224. The Balaban J connectivity index is 2.02. The van der Waals surface area contributed by atoms with Crippen molar-refractivity contribution >= 4 is 0 Å². The lowest BCUT2D eigenvalue weighted by atomic mass is 9.89. The Hall–Kier alpha value is -1.68. The number of aryl methyl sites for hydroxylation is 1. The third-order valence-corrected chi connectivity index (χ3v) is 4.15. The van der Waals surface area contributed by atoms with Crippen LogP contribution in [0.3, 0.4) is 0 Å². The molecule has 1 aliphatic rings. The molecule has 1 aromatic heterocycles. The highest BCUT2D eigenvalue weighted by molar-refractivity contribution is 5.39. The zero-order valence-corrected chi connectivity index (χ0v) is 12.0. The van der Waals surface area contributed by atoms with Crippen LogP contribution in [0.25, 0.3) is 5.69 Å². The lowest BCUT2D eigenvalue weighted by Gasteiger charge is -2.23. The first-order chi connectivity index (χ1) is 9.66. The van der Waals surface area contributed by atoms with Crippen molar-refractivity contribution in [3.05, 3.63) is 47.0 Å². The van der Waals surface area contributed by atoms with Crippen molar-refractivity contribution in [2.75, 3.05) is 13.1 Å². The van der Waals surface area contributed by atoms with Crippen LogP contribution in [0.1, 0.15) is 35.7 Å². The van der Waals surface area contributed by atoms with E-state index in [-0.39, 0.29) is 5.82 Å². The molecule has 1 fully saturated rings. The van der Waals surface area contributed by atoms with Crippen molar-refractivity contribution in [1.29, 1.82) is 0 Å². The van der Waals surface area contributed by atoms with E-state index in [0.29, 0.717) is 5.92 Å². The molecule has 1 N–H and O–H groups in total. The zero-order chi connectivity index (χ0) is 14.1. The van der Waals surface area contributed by atoms with Crippen molar-refractivity contribution < 1.29 is 4.39 Å². The van der Waals surface area contributed by atoms with Crippen LogP contribution in [0.5, 0.6) is 0 Å². The third kappa shape index (κ3) is 2.36. The first-order valence-electron chi connectivity index (χ1n) is 7.19. The maximum atomic E-state index is 13.4. The minimum Gasteiger partial charge on any atom is -0.317 e. The normalized spacial score (nSPS) is 16.6. The maximum absolute atomic E-state index is 13.4. The minimum absolute atomic E-state index is 0.224. The van der Waals surface area contributed by atoms with Gasteiger partial charge in [0.15, 0.2) is 0 Å². The van der Waals surface area contributed by atoms with Crippen molar-refractivity contribution in [3.8, 4) is 5.69 Å². The van der Waals surface area contributed by atoms with Gasteiger partial charge >= 0.3 is 0 Å². The molecular weight excluding hydrogens is 253 g/mol. The highest BCUT2D eigenvalue weighted by Gasteiger charge is 2.23. The molecule has 3 rings (SSSR count). The molecule has 1 aromatic carbocycles. The zero-order valence-electron chi connectivity index (χ0n) is 12.0. The largest absolute Gasteiger partial charge is 0.317 e. The van der Waals surface area contributed by atoms with E-state index in [4.69, 9.17) is 0 Å². The Kier molecular flexibility index (Phi) is 3.57. The first-order valence-corrected chi connectivity index (χ1v) is 7.19. The summed E-state index contributed by atoms with van der Waals surface area (Å²) in [6.07, 6.45) is 2.30. The fourth-order valence-electron chi connectivity index (χ4n) is 3.22. The lowest BCUT2D eigenvalue weighted by molar-refractivity contribution is 0.458. The van der Waals surface area contributed by atoms with Crippen LogP contribution >= 0.6 is 0 Å². The predicted octanol–water partition coefficient (Wildman–Crippen LogP) is 3.10. The van der Waals surface area contributed by atoms with Crippen molar-refractivity contribution in [3.63, 3.8) is 0 Å². The van der Waals surface area contributed by atoms with E-state index < -0.39 is 0 Å². The molecule has 20 heavy (non-hydrogen) atoms. The van der Waals surface area contributed by atoms with Gasteiger partial charge in [0, 0.05) is 5.69 Å². The summed E-state index contributed by atoms with van der Waals surface area (Å²) in [7, 11) is 0. The van der Waals surface area contributed by atoms with Crippen molar-refractivity contribution in [2.45, 2.75) is 32.6 Å². The molecule has 0 atom stereocenters. The number of hydrogen-bond donors (Lipinski definition) is 1. The number of halogens is 1. The Bertz CT molecular complexity index is 612. The molecule has 3 nitrogen and oxygen atoms in total. The monoisotopic (exact) mass is 273 g/mol. The summed E-state index contributed by atoms with van der Waals surface area (Å²) in [4.78, 5) is 0. The van der Waals surface area contributed by atoms with Crippen molar-refractivity contribution in [1.82, 2.24) is 15.1 Å². The quantitative estimate of drug-likeness (QED) is 0.911. The highest BCUT2D eigenvalue weighted by atomic mass is 19.1. The standard InChI is InChI=1S/C16H20FN3/c1-11-16(13-6-8-18-9-7-13)12(2)20(19-11)15-5-3-4-14(17)10-15/h3-5,10,13,18H,6-9H2,1-2H3. The molecule has 0 aliphatic carbocycles. The molecule has 0 bridgehead atoms. The average Bonchev–Trinajstić information content (AvgIpc) is 2.75. The summed E-state index contributed by atoms with van der Waals surface area (Å²) in [5.74, 6) is 0.344. The van der Waals surface area contributed by atoms with Gasteiger partial charge in [-0.15, -0.1) is 0 Å². The van der Waals surface area contributed by atoms with Crippen LogP contribution in [0, 0.1) is 19.7 Å². The topological polar surface area (TPSA) is 29.9 Å². The fraction of sp³-hybridized carbons (Fsp3) is 0.438. The highest BCUT2D eigenvalue weighted by Crippen LogP contribution is 2.31. The Morgan fingerprint density at radius 1 is 1.25 bits per heavy atom. The van der Waals surface area contributed by atoms with Crippen LogP contribution < -0.4 is 5.32 Å². The summed E-state index contributed by atoms with van der Waals surface area (Å²) in [5.41, 5.74) is 4.35. The van der Waals surface area contributed by atoms with E-state index in [1.807, 2.05) is 10.7 Å². The van der Waals surface area contributed by atoms with Crippen LogP contribution in [0.2, 0.25) is 0 Å². The molecule has 0 amide bonds. The Morgan fingerprint density at radius 3 is 2.70 bits per heavy atom. The summed E-state index contributed by atoms with van der Waals surface area (Å²) < 4.78 is 15.3. The number of nitrogens with one attached hydrogen (secondary N) is 1. The van der Waals surface area contributed by atoms with E-state index in [9.17, 15) is 4.39 Å². The molecule has 2 heterocycles. The number of aromatic nitrogens is 2. The maximum Gasteiger partial charge on any atom is 0.125 e. The fourth-order valence-corrected chi connectivity index (χ4v) is 3.22. The molecule has 2 aromatic rings. The second kappa shape index (κ2) is 5.37. The van der Waals surface area contributed by atoms with Gasteiger partial charge in [-0.2, -0.15) is 5.10 Å². The lowest BCUT2D eigenvalue weighted by Crippen LogP contribution is -2.27. The molecule has 1 aliphatic heterocycles. The number of piperidine rings is 1. The molecular formula is C16H20FN3. The second-order valence-electron chi connectivity index (χ2n) is 5.50. The van der Waals surface area contributed by atoms with E-state index >= 15 is 0 Å². The van der Waals surface area contributed by atoms with E-state index in [1.54, 1.807) is 6.07 Å². The summed E-state index contributed by atoms with van der Waals surface area (Å²) in [6, 6.07) is 6.62. The molecule has 4 heteroatoms. The Labute approximate surface area is 118 Å². The molecule has 0 unspecified atom stereocenters. The van der Waals surface area contributed by atoms with Crippen LogP contribution in [-0.4, -0.2) is 22.9 Å². The van der Waals surface area contributed by atoms with Gasteiger partial charge in [-0.25, -0.2) is 9.07 Å². The van der Waals surface area contributed by atoms with Gasteiger partial charge in [-0.1, -0.05) is 6.07 Å². The van der Waals surface area contributed by atoms with Crippen LogP contribution in [-0.2, 0) is 0 Å². The molecule has 0 radical (unpaired) electrons. The van der Waals surface area contributed by atoms with Crippen LogP contribution in [0.15, 0.2) is 24.3 Å². The second-order valence-corrected chi connectivity index (χ2v) is 5.50. The third-order valence-electron chi connectivity index (χ3n) is 4.15. The predicted molar refractivity (Wildman–Crippen MR) is 77.8 cm³/mol. The average molecular weight is 273 g/mol. The van der Waals surface area contributed by atoms with E-state index in [0.717, 1.165) is 43.0 Å². The SMILES string of the molecule is Cc1nn(-c2cccc(F)c2)c(C)c1C1CCNCC1. The molecule has 1 saturated heterocycles. The van der Waals surface area contributed by atoms with Crippen molar-refractivity contribution in [2.24, 2.45) is 0 Å². The molecule has 106 valence electrons. The molecule has 0 saturated carbocycles. The van der Waals surface area contributed by atoms with Gasteiger partial charge in [-0.3, -0.25) is 0 Å². The van der Waals surface area contributed by atoms with Gasteiger partial charge in [0.2, 0.25) is 0 Å². The van der Waals surface area contributed by atoms with Gasteiger partial charge < -0.3 is 5.32 Å². The first kappa shape index (κ1) is 13.3. The summed E-state index contributed by atoms with van der Waals surface area (Å²) in [6.45, 7) is 6.27. The Morgan fingerprint density at radius 2 is 2.00 bits per heavy atom. The summed E-state index contributed by atoms with van der Waals surface area (Å²) in [5, 5.41) is 8.02. The van der Waals surface area contributed by atoms with Crippen LogP contribution in [0.4, 0.5) is 4.39 Å². The number of hydrogen-bond acceptors (Lipinski definition) is 2. The number of benzene rings is 1. The summed E-state index contributed by atoms with van der Waals surface area (Å²) >= 11 is 0.